The number of hydrogen-bond donors (Lipinski definition) is 0. The fraction of sp³-hybridized carbons (Fsp3) is 0.400. The SMILES string of the molecule is CCc1nc(C(=O)N(C)C2CC2)nn1-c1c(Cl)cccc1Cl. The van der Waals surface area contributed by atoms with Crippen LogP contribution in [0.2, 0.25) is 10.0 Å². The van der Waals surface area contributed by atoms with Crippen molar-refractivity contribution in [3.8, 4) is 5.69 Å². The quantitative estimate of drug-likeness (QED) is 0.858. The first-order valence-electron chi connectivity index (χ1n) is 7.20. The molecule has 1 fully saturated rings. The van der Waals surface area contributed by atoms with Crippen molar-refractivity contribution in [2.45, 2.75) is 32.2 Å². The van der Waals surface area contributed by atoms with E-state index >= 15 is 0 Å². The first-order chi connectivity index (χ1) is 10.5. The van der Waals surface area contributed by atoms with E-state index in [1.807, 2.05) is 6.92 Å². The van der Waals surface area contributed by atoms with Gasteiger partial charge in [0, 0.05) is 19.5 Å². The monoisotopic (exact) mass is 338 g/mol. The number of aryl methyl sites for hydroxylation is 1. The van der Waals surface area contributed by atoms with Gasteiger partial charge in [0.2, 0.25) is 5.82 Å². The van der Waals surface area contributed by atoms with Crippen molar-refractivity contribution in [1.29, 1.82) is 0 Å². The average Bonchev–Trinajstić information content (AvgIpc) is 3.26. The molecular weight excluding hydrogens is 323 g/mol. The lowest BCUT2D eigenvalue weighted by atomic mass is 10.3. The Balaban J connectivity index is 2.03. The van der Waals surface area contributed by atoms with Gasteiger partial charge in [-0.15, -0.1) is 5.10 Å². The van der Waals surface area contributed by atoms with E-state index in [4.69, 9.17) is 23.2 Å². The zero-order chi connectivity index (χ0) is 15.9. The van der Waals surface area contributed by atoms with Crippen LogP contribution in [-0.4, -0.2) is 38.7 Å². The van der Waals surface area contributed by atoms with E-state index in [1.54, 1.807) is 34.8 Å². The van der Waals surface area contributed by atoms with Crippen molar-refractivity contribution in [2.24, 2.45) is 0 Å². The topological polar surface area (TPSA) is 51.0 Å². The third-order valence-electron chi connectivity index (χ3n) is 3.75. The summed E-state index contributed by atoms with van der Waals surface area (Å²) in [4.78, 5) is 18.5. The summed E-state index contributed by atoms with van der Waals surface area (Å²) in [5.41, 5.74) is 0.559. The molecule has 1 heterocycles. The van der Waals surface area contributed by atoms with Crippen LogP contribution in [0.4, 0.5) is 0 Å². The molecule has 22 heavy (non-hydrogen) atoms. The van der Waals surface area contributed by atoms with Crippen LogP contribution in [0, 0.1) is 0 Å². The molecule has 2 aromatic rings. The highest BCUT2D eigenvalue weighted by atomic mass is 35.5. The van der Waals surface area contributed by atoms with Crippen LogP contribution in [0.3, 0.4) is 0 Å². The molecule has 0 radical (unpaired) electrons. The largest absolute Gasteiger partial charge is 0.336 e. The number of rotatable bonds is 4. The third kappa shape index (κ3) is 2.71. The Morgan fingerprint density at radius 1 is 1.36 bits per heavy atom. The lowest BCUT2D eigenvalue weighted by Gasteiger charge is -2.13. The predicted molar refractivity (Wildman–Crippen MR) is 85.9 cm³/mol. The van der Waals surface area contributed by atoms with E-state index < -0.39 is 0 Å². The highest BCUT2D eigenvalue weighted by Gasteiger charge is 2.32. The Morgan fingerprint density at radius 3 is 2.55 bits per heavy atom. The second-order valence-electron chi connectivity index (χ2n) is 5.33. The molecule has 0 aliphatic heterocycles. The summed E-state index contributed by atoms with van der Waals surface area (Å²) in [7, 11) is 1.79. The fourth-order valence-electron chi connectivity index (χ4n) is 2.32. The molecule has 7 heteroatoms. The van der Waals surface area contributed by atoms with E-state index in [2.05, 4.69) is 10.1 Å². The number of halogens is 2. The first-order valence-corrected chi connectivity index (χ1v) is 7.96. The third-order valence-corrected chi connectivity index (χ3v) is 4.36. The van der Waals surface area contributed by atoms with Gasteiger partial charge in [0.25, 0.3) is 5.91 Å². The highest BCUT2D eigenvalue weighted by molar-refractivity contribution is 6.37. The first kappa shape index (κ1) is 15.3. The fourth-order valence-corrected chi connectivity index (χ4v) is 2.88. The van der Waals surface area contributed by atoms with E-state index in [9.17, 15) is 4.79 Å². The van der Waals surface area contributed by atoms with Crippen LogP contribution in [-0.2, 0) is 6.42 Å². The second-order valence-corrected chi connectivity index (χ2v) is 6.15. The number of para-hydroxylation sites is 1. The number of nitrogens with zero attached hydrogens (tertiary/aromatic N) is 4. The van der Waals surface area contributed by atoms with Gasteiger partial charge in [-0.2, -0.15) is 0 Å². The molecular formula is C15H16Cl2N4O. The molecule has 1 aromatic carbocycles. The second kappa shape index (κ2) is 5.89. The van der Waals surface area contributed by atoms with Crippen LogP contribution in [0.15, 0.2) is 18.2 Å². The summed E-state index contributed by atoms with van der Waals surface area (Å²) in [6, 6.07) is 5.56. The molecule has 0 N–H and O–H groups in total. The molecule has 0 saturated heterocycles. The van der Waals surface area contributed by atoms with Gasteiger partial charge in [0.15, 0.2) is 0 Å². The maximum atomic E-state index is 12.4. The average molecular weight is 339 g/mol. The van der Waals surface area contributed by atoms with Crippen LogP contribution >= 0.6 is 23.2 Å². The number of aromatic nitrogens is 3. The van der Waals surface area contributed by atoms with Crippen molar-refractivity contribution in [2.75, 3.05) is 7.05 Å². The van der Waals surface area contributed by atoms with Crippen LogP contribution < -0.4 is 0 Å². The lowest BCUT2D eigenvalue weighted by molar-refractivity contribution is 0.0773. The van der Waals surface area contributed by atoms with Gasteiger partial charge < -0.3 is 4.90 Å². The summed E-state index contributed by atoms with van der Waals surface area (Å²) in [6.07, 6.45) is 2.70. The zero-order valence-electron chi connectivity index (χ0n) is 12.4. The Labute approximate surface area is 138 Å². The minimum absolute atomic E-state index is 0.167. The number of carbonyl (C=O) groups excluding carboxylic acids is 1. The molecule has 3 rings (SSSR count). The summed E-state index contributed by atoms with van der Waals surface area (Å²) < 4.78 is 1.57. The molecule has 1 saturated carbocycles. The molecule has 0 unspecified atom stereocenters. The van der Waals surface area contributed by atoms with Gasteiger partial charge >= 0.3 is 0 Å². The smallest absolute Gasteiger partial charge is 0.293 e. The number of amides is 1. The Hall–Kier alpha value is -1.59. The number of hydrogen-bond acceptors (Lipinski definition) is 3. The molecule has 1 aliphatic rings. The Kier molecular flexibility index (Phi) is 4.10. The molecule has 116 valence electrons. The summed E-state index contributed by atoms with van der Waals surface area (Å²) in [5, 5.41) is 5.30. The maximum Gasteiger partial charge on any atom is 0.293 e. The summed E-state index contributed by atoms with van der Waals surface area (Å²) in [6.45, 7) is 1.95. The van der Waals surface area contributed by atoms with E-state index in [0.717, 1.165) is 12.8 Å². The standard InChI is InChI=1S/C15H16Cl2N4O/c1-3-12-18-14(15(22)20(2)9-7-8-9)19-21(12)13-10(16)5-4-6-11(13)17/h4-6,9H,3,7-8H2,1-2H3. The minimum atomic E-state index is -0.167. The van der Waals surface area contributed by atoms with Crippen molar-refractivity contribution < 1.29 is 4.79 Å². The highest BCUT2D eigenvalue weighted by Crippen LogP contribution is 2.30. The van der Waals surface area contributed by atoms with E-state index in [-0.39, 0.29) is 11.7 Å². The minimum Gasteiger partial charge on any atom is -0.336 e. The predicted octanol–water partition coefficient (Wildman–Crippen LogP) is 3.37. The molecule has 0 atom stereocenters. The van der Waals surface area contributed by atoms with E-state index in [1.165, 1.54) is 0 Å². The van der Waals surface area contributed by atoms with Crippen molar-refractivity contribution in [1.82, 2.24) is 19.7 Å². The molecule has 1 amide bonds. The molecule has 1 aliphatic carbocycles. The summed E-state index contributed by atoms with van der Waals surface area (Å²) in [5.74, 6) is 0.670. The van der Waals surface area contributed by atoms with Gasteiger partial charge in [0.1, 0.15) is 11.5 Å². The van der Waals surface area contributed by atoms with Crippen LogP contribution in [0.1, 0.15) is 36.2 Å². The van der Waals surface area contributed by atoms with Gasteiger partial charge in [-0.3, -0.25) is 4.79 Å². The number of benzene rings is 1. The Bertz CT molecular complexity index is 704. The molecule has 0 spiro atoms. The zero-order valence-corrected chi connectivity index (χ0v) is 13.9. The summed E-state index contributed by atoms with van der Waals surface area (Å²) >= 11 is 12.5. The Morgan fingerprint density at radius 2 is 2.00 bits per heavy atom. The van der Waals surface area contributed by atoms with Gasteiger partial charge in [-0.25, -0.2) is 9.67 Å². The lowest BCUT2D eigenvalue weighted by Crippen LogP contribution is -2.29. The van der Waals surface area contributed by atoms with Gasteiger partial charge in [-0.05, 0) is 25.0 Å². The molecule has 1 aromatic heterocycles. The van der Waals surface area contributed by atoms with Gasteiger partial charge in [-0.1, -0.05) is 36.2 Å². The van der Waals surface area contributed by atoms with Gasteiger partial charge in [0.05, 0.1) is 10.0 Å². The van der Waals surface area contributed by atoms with E-state index in [0.29, 0.717) is 34.0 Å². The number of carbonyl (C=O) groups is 1. The molecule has 5 nitrogen and oxygen atoms in total. The van der Waals surface area contributed by atoms with Crippen LogP contribution in [0.5, 0.6) is 0 Å². The van der Waals surface area contributed by atoms with Crippen molar-refractivity contribution in [3.63, 3.8) is 0 Å². The molecule has 0 bridgehead atoms. The van der Waals surface area contributed by atoms with Crippen LogP contribution in [0.25, 0.3) is 5.69 Å². The maximum absolute atomic E-state index is 12.4. The van der Waals surface area contributed by atoms with Crippen molar-refractivity contribution in [3.05, 3.63) is 39.9 Å². The normalized spacial score (nSPS) is 14.2. The van der Waals surface area contributed by atoms with Crippen molar-refractivity contribution >= 4 is 29.1 Å².